The van der Waals surface area contributed by atoms with Gasteiger partial charge in [-0.1, -0.05) is 28.1 Å². The molecule has 1 heterocycles. The summed E-state index contributed by atoms with van der Waals surface area (Å²) in [6, 6.07) is 16.1. The number of anilines is 1. The van der Waals surface area contributed by atoms with Crippen molar-refractivity contribution in [2.75, 3.05) is 31.6 Å². The number of benzene rings is 2. The predicted molar refractivity (Wildman–Crippen MR) is 111 cm³/mol. The molecule has 0 spiro atoms. The Kier molecular flexibility index (Phi) is 7.14. The van der Waals surface area contributed by atoms with E-state index in [2.05, 4.69) is 38.3 Å². The molecule has 1 fully saturated rings. The summed E-state index contributed by atoms with van der Waals surface area (Å²) in [5.74, 6) is 0.0152. The van der Waals surface area contributed by atoms with Gasteiger partial charge >= 0.3 is 0 Å². The Bertz CT molecular complexity index is 733. The smallest absolute Gasteiger partial charge is 0.237 e. The molecule has 1 N–H and O–H groups in total. The molecule has 1 amide bonds. The lowest BCUT2D eigenvalue weighted by molar-refractivity contribution is -0.115. The Hall–Kier alpha value is -1.34. The van der Waals surface area contributed by atoms with Crippen LogP contribution in [0.4, 0.5) is 5.69 Å². The molecule has 2 aromatic carbocycles. The maximum Gasteiger partial charge on any atom is 0.237 e. The predicted octanol–water partition coefficient (Wildman–Crippen LogP) is 4.40. The number of rotatable bonds is 6. The second-order valence-electron chi connectivity index (χ2n) is 6.29. The summed E-state index contributed by atoms with van der Waals surface area (Å²) in [5.41, 5.74) is 2.06. The van der Waals surface area contributed by atoms with Gasteiger partial charge in [-0.3, -0.25) is 9.69 Å². The topological polar surface area (TPSA) is 41.6 Å². The standard InChI is InChI=1S/C20H23BrN2O2S/c1-15(26-19-7-5-17(21)6-8-19)20(24)22-18-4-2-3-16(13-18)14-23-9-11-25-12-10-23/h2-8,13,15H,9-12,14H2,1H3,(H,22,24). The van der Waals surface area contributed by atoms with Crippen molar-refractivity contribution in [2.24, 2.45) is 0 Å². The molecule has 1 aliphatic heterocycles. The fourth-order valence-electron chi connectivity index (χ4n) is 2.78. The molecule has 3 rings (SSSR count). The fraction of sp³-hybridized carbons (Fsp3) is 0.350. The van der Waals surface area contributed by atoms with Crippen LogP contribution in [-0.4, -0.2) is 42.4 Å². The van der Waals surface area contributed by atoms with E-state index in [1.807, 2.05) is 43.3 Å². The quantitative estimate of drug-likeness (QED) is 0.683. The van der Waals surface area contributed by atoms with Crippen molar-refractivity contribution in [3.05, 3.63) is 58.6 Å². The van der Waals surface area contributed by atoms with E-state index in [1.54, 1.807) is 11.8 Å². The monoisotopic (exact) mass is 434 g/mol. The van der Waals surface area contributed by atoms with Gasteiger partial charge in [0, 0.05) is 34.7 Å². The van der Waals surface area contributed by atoms with E-state index >= 15 is 0 Å². The minimum Gasteiger partial charge on any atom is -0.379 e. The number of nitrogens with zero attached hydrogens (tertiary/aromatic N) is 1. The number of morpholine rings is 1. The summed E-state index contributed by atoms with van der Waals surface area (Å²) in [6.45, 7) is 6.31. The molecule has 2 aromatic rings. The normalized spacial score (nSPS) is 16.2. The Labute approximate surface area is 167 Å². The third kappa shape index (κ3) is 5.84. The van der Waals surface area contributed by atoms with Crippen molar-refractivity contribution in [1.82, 2.24) is 4.90 Å². The second kappa shape index (κ2) is 9.55. The Morgan fingerprint density at radius 2 is 1.96 bits per heavy atom. The van der Waals surface area contributed by atoms with E-state index in [4.69, 9.17) is 4.74 Å². The summed E-state index contributed by atoms with van der Waals surface area (Å²) >= 11 is 4.99. The lowest BCUT2D eigenvalue weighted by atomic mass is 10.2. The summed E-state index contributed by atoms with van der Waals surface area (Å²) in [6.07, 6.45) is 0. The van der Waals surface area contributed by atoms with Crippen molar-refractivity contribution >= 4 is 39.3 Å². The number of amides is 1. The van der Waals surface area contributed by atoms with Crippen LogP contribution >= 0.6 is 27.7 Å². The van der Waals surface area contributed by atoms with Crippen molar-refractivity contribution in [1.29, 1.82) is 0 Å². The molecule has 1 unspecified atom stereocenters. The SMILES string of the molecule is CC(Sc1ccc(Br)cc1)C(=O)Nc1cccc(CN2CCOCC2)c1. The molecular formula is C20H23BrN2O2S. The number of halogens is 1. The van der Waals surface area contributed by atoms with Crippen molar-refractivity contribution in [2.45, 2.75) is 23.6 Å². The maximum atomic E-state index is 12.5. The van der Waals surface area contributed by atoms with Gasteiger partial charge in [0.2, 0.25) is 5.91 Å². The summed E-state index contributed by atoms with van der Waals surface area (Å²) in [4.78, 5) is 16.0. The Morgan fingerprint density at radius 1 is 1.23 bits per heavy atom. The zero-order valence-electron chi connectivity index (χ0n) is 14.8. The van der Waals surface area contributed by atoms with Gasteiger partial charge in [0.1, 0.15) is 0 Å². The molecule has 0 aliphatic carbocycles. The van der Waals surface area contributed by atoms with E-state index < -0.39 is 0 Å². The van der Waals surface area contributed by atoms with Crippen LogP contribution in [0.1, 0.15) is 12.5 Å². The molecule has 4 nitrogen and oxygen atoms in total. The van der Waals surface area contributed by atoms with Crippen LogP contribution in [0.15, 0.2) is 57.9 Å². The summed E-state index contributed by atoms with van der Waals surface area (Å²) in [5, 5.41) is 2.87. The third-order valence-corrected chi connectivity index (χ3v) is 5.84. The minimum atomic E-state index is -0.168. The summed E-state index contributed by atoms with van der Waals surface area (Å²) < 4.78 is 6.43. The first-order valence-electron chi connectivity index (χ1n) is 8.72. The first kappa shape index (κ1) is 19.4. The highest BCUT2D eigenvalue weighted by Gasteiger charge is 2.15. The largest absolute Gasteiger partial charge is 0.379 e. The van der Waals surface area contributed by atoms with Crippen LogP contribution in [0.2, 0.25) is 0 Å². The first-order chi connectivity index (χ1) is 12.6. The highest BCUT2D eigenvalue weighted by Crippen LogP contribution is 2.26. The number of hydrogen-bond acceptors (Lipinski definition) is 4. The number of nitrogens with one attached hydrogen (secondary N) is 1. The van der Waals surface area contributed by atoms with Gasteiger partial charge in [-0.05, 0) is 48.9 Å². The van der Waals surface area contributed by atoms with Crippen LogP contribution in [0.3, 0.4) is 0 Å². The molecule has 138 valence electrons. The zero-order valence-corrected chi connectivity index (χ0v) is 17.2. The van der Waals surface area contributed by atoms with Crippen LogP contribution in [0, 0.1) is 0 Å². The van der Waals surface area contributed by atoms with Gasteiger partial charge in [0.05, 0.1) is 18.5 Å². The highest BCUT2D eigenvalue weighted by atomic mass is 79.9. The van der Waals surface area contributed by atoms with Crippen molar-refractivity contribution in [3.63, 3.8) is 0 Å². The number of ether oxygens (including phenoxy) is 1. The average Bonchev–Trinajstić information content (AvgIpc) is 2.65. The van der Waals surface area contributed by atoms with E-state index in [1.165, 1.54) is 5.56 Å². The lowest BCUT2D eigenvalue weighted by Gasteiger charge is -2.26. The van der Waals surface area contributed by atoms with Crippen LogP contribution in [0.5, 0.6) is 0 Å². The zero-order chi connectivity index (χ0) is 18.4. The van der Waals surface area contributed by atoms with E-state index in [0.29, 0.717) is 0 Å². The second-order valence-corrected chi connectivity index (χ2v) is 8.62. The van der Waals surface area contributed by atoms with Crippen LogP contribution in [-0.2, 0) is 16.1 Å². The molecule has 1 saturated heterocycles. The Balaban J connectivity index is 1.56. The van der Waals surface area contributed by atoms with E-state index in [0.717, 1.165) is 47.9 Å². The lowest BCUT2D eigenvalue weighted by Crippen LogP contribution is -2.35. The number of carbonyl (C=O) groups excluding carboxylic acids is 1. The molecule has 0 radical (unpaired) electrons. The molecule has 1 atom stereocenters. The molecular weight excluding hydrogens is 412 g/mol. The van der Waals surface area contributed by atoms with E-state index in [9.17, 15) is 4.79 Å². The first-order valence-corrected chi connectivity index (χ1v) is 10.4. The van der Waals surface area contributed by atoms with E-state index in [-0.39, 0.29) is 11.2 Å². The fourth-order valence-corrected chi connectivity index (χ4v) is 3.91. The van der Waals surface area contributed by atoms with Gasteiger partial charge in [-0.2, -0.15) is 0 Å². The molecule has 0 aromatic heterocycles. The molecule has 6 heteroatoms. The van der Waals surface area contributed by atoms with Gasteiger partial charge in [0.25, 0.3) is 0 Å². The van der Waals surface area contributed by atoms with Gasteiger partial charge in [0.15, 0.2) is 0 Å². The number of hydrogen-bond donors (Lipinski definition) is 1. The van der Waals surface area contributed by atoms with Crippen molar-refractivity contribution in [3.8, 4) is 0 Å². The maximum absolute atomic E-state index is 12.5. The number of carbonyl (C=O) groups is 1. The molecule has 1 aliphatic rings. The van der Waals surface area contributed by atoms with Gasteiger partial charge in [-0.25, -0.2) is 0 Å². The van der Waals surface area contributed by atoms with Gasteiger partial charge < -0.3 is 10.1 Å². The Morgan fingerprint density at radius 3 is 2.69 bits per heavy atom. The summed E-state index contributed by atoms with van der Waals surface area (Å²) in [7, 11) is 0. The van der Waals surface area contributed by atoms with Crippen LogP contribution in [0.25, 0.3) is 0 Å². The molecule has 0 saturated carbocycles. The molecule has 0 bridgehead atoms. The van der Waals surface area contributed by atoms with Crippen molar-refractivity contribution < 1.29 is 9.53 Å². The molecule has 26 heavy (non-hydrogen) atoms. The highest BCUT2D eigenvalue weighted by molar-refractivity contribution is 9.10. The number of thioether (sulfide) groups is 1. The minimum absolute atomic E-state index is 0.0152. The third-order valence-electron chi connectivity index (χ3n) is 4.20. The average molecular weight is 435 g/mol. The van der Waals surface area contributed by atoms with Gasteiger partial charge in [-0.15, -0.1) is 11.8 Å². The van der Waals surface area contributed by atoms with Crippen LogP contribution < -0.4 is 5.32 Å².